The highest BCUT2D eigenvalue weighted by atomic mass is 32.2. The molecule has 0 fully saturated rings. The molecule has 0 spiro atoms. The Morgan fingerprint density at radius 3 is 2.61 bits per heavy atom. The van der Waals surface area contributed by atoms with E-state index in [4.69, 9.17) is 0 Å². The van der Waals surface area contributed by atoms with Gasteiger partial charge in [-0.25, -0.2) is 26.5 Å². The number of benzene rings is 2. The average molecular weight is 423 g/mol. The lowest BCUT2D eigenvalue weighted by molar-refractivity contribution is 0.102. The summed E-state index contributed by atoms with van der Waals surface area (Å²) in [5.41, 5.74) is 0.286. The predicted molar refractivity (Wildman–Crippen MR) is 103 cm³/mol. The fourth-order valence-electron chi connectivity index (χ4n) is 2.33. The Bertz CT molecular complexity index is 1140. The van der Waals surface area contributed by atoms with Crippen LogP contribution in [0.15, 0.2) is 52.7 Å². The maximum Gasteiger partial charge on any atom is 0.257 e. The molecule has 1 heterocycles. The number of sulfonamides is 1. The van der Waals surface area contributed by atoms with Crippen molar-refractivity contribution in [3.05, 3.63) is 65.0 Å². The van der Waals surface area contributed by atoms with Crippen molar-refractivity contribution in [2.75, 3.05) is 19.4 Å². The molecule has 3 aromatic rings. The molecule has 0 bridgehead atoms. The predicted octanol–water partition coefficient (Wildman–Crippen LogP) is 3.59. The van der Waals surface area contributed by atoms with E-state index in [1.54, 1.807) is 0 Å². The standard InChI is InChI=1S/C18H15F2N3O3S2/c1-23(2)28(25,26)13-5-3-4-11(8-13)17(24)22-18-21-16(10-27-18)14-9-12(19)6-7-15(14)20/h3-10H,1-2H3,(H,21,22,24). The molecule has 0 aliphatic carbocycles. The van der Waals surface area contributed by atoms with Gasteiger partial charge in [-0.15, -0.1) is 11.3 Å². The normalized spacial score (nSPS) is 11.6. The Morgan fingerprint density at radius 2 is 1.89 bits per heavy atom. The Labute approximate surface area is 164 Å². The third kappa shape index (κ3) is 4.08. The van der Waals surface area contributed by atoms with E-state index >= 15 is 0 Å². The Morgan fingerprint density at radius 1 is 1.14 bits per heavy atom. The first-order valence-corrected chi connectivity index (χ1v) is 10.3. The molecule has 0 radical (unpaired) electrons. The number of thiazole rings is 1. The molecule has 1 aromatic heterocycles. The molecule has 0 saturated carbocycles. The summed E-state index contributed by atoms with van der Waals surface area (Å²) in [4.78, 5) is 16.5. The maximum atomic E-state index is 13.9. The number of carbonyl (C=O) groups is 1. The van der Waals surface area contributed by atoms with Crippen LogP contribution in [0.4, 0.5) is 13.9 Å². The molecule has 2 aromatic carbocycles. The van der Waals surface area contributed by atoms with Crippen molar-refractivity contribution in [2.24, 2.45) is 0 Å². The molecule has 146 valence electrons. The van der Waals surface area contributed by atoms with Crippen LogP contribution >= 0.6 is 11.3 Å². The number of nitrogens with zero attached hydrogens (tertiary/aromatic N) is 2. The van der Waals surface area contributed by atoms with Gasteiger partial charge >= 0.3 is 0 Å². The van der Waals surface area contributed by atoms with Gasteiger partial charge in [0.25, 0.3) is 5.91 Å². The molecule has 3 rings (SSSR count). The molecule has 0 saturated heterocycles. The number of nitrogens with one attached hydrogen (secondary N) is 1. The molecule has 0 aliphatic rings. The fourth-order valence-corrected chi connectivity index (χ4v) is 3.98. The Kier molecular flexibility index (Phi) is 5.54. The van der Waals surface area contributed by atoms with Crippen LogP contribution in [-0.4, -0.2) is 37.7 Å². The van der Waals surface area contributed by atoms with Crippen molar-refractivity contribution in [1.29, 1.82) is 0 Å². The number of amides is 1. The maximum absolute atomic E-state index is 13.9. The first-order valence-electron chi connectivity index (χ1n) is 7.93. The van der Waals surface area contributed by atoms with Crippen molar-refractivity contribution < 1.29 is 22.0 Å². The van der Waals surface area contributed by atoms with Crippen LogP contribution in [0.3, 0.4) is 0 Å². The Balaban J connectivity index is 1.83. The molecular weight excluding hydrogens is 408 g/mol. The molecule has 6 nitrogen and oxygen atoms in total. The average Bonchev–Trinajstić information content (AvgIpc) is 3.12. The second kappa shape index (κ2) is 7.74. The molecule has 28 heavy (non-hydrogen) atoms. The van der Waals surface area contributed by atoms with Crippen LogP contribution < -0.4 is 5.32 Å². The summed E-state index contributed by atoms with van der Waals surface area (Å²) in [5.74, 6) is -1.81. The zero-order valence-corrected chi connectivity index (χ0v) is 16.4. The number of hydrogen-bond acceptors (Lipinski definition) is 5. The molecule has 0 unspecified atom stereocenters. The number of halogens is 2. The van der Waals surface area contributed by atoms with Crippen molar-refractivity contribution in [1.82, 2.24) is 9.29 Å². The summed E-state index contributed by atoms with van der Waals surface area (Å²) in [5, 5.41) is 4.19. The summed E-state index contributed by atoms with van der Waals surface area (Å²) in [6.45, 7) is 0. The van der Waals surface area contributed by atoms with Crippen LogP contribution in [0.25, 0.3) is 11.3 Å². The zero-order valence-electron chi connectivity index (χ0n) is 14.8. The summed E-state index contributed by atoms with van der Waals surface area (Å²) in [7, 11) is -0.896. The highest BCUT2D eigenvalue weighted by molar-refractivity contribution is 7.89. The molecule has 10 heteroatoms. The van der Waals surface area contributed by atoms with E-state index in [0.29, 0.717) is 0 Å². The minimum atomic E-state index is -3.68. The summed E-state index contributed by atoms with van der Waals surface area (Å²) in [6.07, 6.45) is 0. The van der Waals surface area contributed by atoms with E-state index in [1.807, 2.05) is 0 Å². The van der Waals surface area contributed by atoms with E-state index in [9.17, 15) is 22.0 Å². The highest BCUT2D eigenvalue weighted by Crippen LogP contribution is 2.28. The second-order valence-electron chi connectivity index (χ2n) is 5.93. The SMILES string of the molecule is CN(C)S(=O)(=O)c1cccc(C(=O)Nc2nc(-c3cc(F)ccc3F)cs2)c1. The van der Waals surface area contributed by atoms with E-state index in [1.165, 1.54) is 43.7 Å². The van der Waals surface area contributed by atoms with Crippen molar-refractivity contribution in [3.63, 3.8) is 0 Å². The first-order chi connectivity index (χ1) is 13.2. The van der Waals surface area contributed by atoms with Gasteiger partial charge in [-0.1, -0.05) is 6.07 Å². The fraction of sp³-hybridized carbons (Fsp3) is 0.111. The third-order valence-electron chi connectivity index (χ3n) is 3.80. The van der Waals surface area contributed by atoms with Gasteiger partial charge in [-0.3, -0.25) is 10.1 Å². The second-order valence-corrected chi connectivity index (χ2v) is 8.94. The van der Waals surface area contributed by atoms with Gasteiger partial charge in [0.15, 0.2) is 5.13 Å². The lowest BCUT2D eigenvalue weighted by Gasteiger charge is -2.12. The highest BCUT2D eigenvalue weighted by Gasteiger charge is 2.19. The van der Waals surface area contributed by atoms with Crippen LogP contribution in [0, 0.1) is 11.6 Å². The zero-order chi connectivity index (χ0) is 20.5. The molecule has 0 aliphatic heterocycles. The minimum absolute atomic E-state index is 0.0178. The summed E-state index contributed by atoms with van der Waals surface area (Å²) in [6, 6.07) is 8.59. The van der Waals surface area contributed by atoms with Crippen LogP contribution in [0.1, 0.15) is 10.4 Å². The van der Waals surface area contributed by atoms with Crippen LogP contribution in [-0.2, 0) is 10.0 Å². The van der Waals surface area contributed by atoms with Gasteiger partial charge < -0.3 is 0 Å². The van der Waals surface area contributed by atoms with Gasteiger partial charge in [0.1, 0.15) is 11.6 Å². The quantitative estimate of drug-likeness (QED) is 0.680. The van der Waals surface area contributed by atoms with Gasteiger partial charge in [0, 0.05) is 30.6 Å². The monoisotopic (exact) mass is 423 g/mol. The van der Waals surface area contributed by atoms with E-state index in [-0.39, 0.29) is 26.8 Å². The molecular formula is C18H15F2N3O3S2. The number of rotatable bonds is 5. The van der Waals surface area contributed by atoms with E-state index in [0.717, 1.165) is 33.8 Å². The third-order valence-corrected chi connectivity index (χ3v) is 6.37. The number of hydrogen-bond donors (Lipinski definition) is 1. The number of aromatic nitrogens is 1. The van der Waals surface area contributed by atoms with Crippen molar-refractivity contribution >= 4 is 32.4 Å². The summed E-state index contributed by atoms with van der Waals surface area (Å²) >= 11 is 1.04. The summed E-state index contributed by atoms with van der Waals surface area (Å²) < 4.78 is 52.7. The molecule has 1 amide bonds. The van der Waals surface area contributed by atoms with Gasteiger partial charge in [-0.2, -0.15) is 0 Å². The van der Waals surface area contributed by atoms with Gasteiger partial charge in [-0.05, 0) is 36.4 Å². The van der Waals surface area contributed by atoms with E-state index in [2.05, 4.69) is 10.3 Å². The van der Waals surface area contributed by atoms with Crippen LogP contribution in [0.5, 0.6) is 0 Å². The van der Waals surface area contributed by atoms with Gasteiger partial charge in [0.05, 0.1) is 10.6 Å². The largest absolute Gasteiger partial charge is 0.298 e. The lowest BCUT2D eigenvalue weighted by atomic mass is 10.1. The number of anilines is 1. The van der Waals surface area contributed by atoms with E-state index < -0.39 is 27.6 Å². The van der Waals surface area contributed by atoms with Gasteiger partial charge in [0.2, 0.25) is 10.0 Å². The molecule has 0 atom stereocenters. The number of carbonyl (C=O) groups excluding carboxylic acids is 1. The Hall–Kier alpha value is -2.69. The minimum Gasteiger partial charge on any atom is -0.298 e. The van der Waals surface area contributed by atoms with Crippen LogP contribution in [0.2, 0.25) is 0 Å². The topological polar surface area (TPSA) is 79.4 Å². The molecule has 1 N–H and O–H groups in total. The smallest absolute Gasteiger partial charge is 0.257 e. The van der Waals surface area contributed by atoms with Crippen molar-refractivity contribution in [2.45, 2.75) is 4.90 Å². The lowest BCUT2D eigenvalue weighted by Crippen LogP contribution is -2.22. The van der Waals surface area contributed by atoms with Crippen molar-refractivity contribution in [3.8, 4) is 11.3 Å². The first kappa shape index (κ1) is 20.1.